The number of nitrogens with zero attached hydrogens (tertiary/aromatic N) is 5. The second kappa shape index (κ2) is 17.6. The zero-order valence-electron chi connectivity index (χ0n) is 46.1. The molecule has 0 N–H and O–H groups in total. The molecule has 8 aromatic carbocycles. The lowest BCUT2D eigenvalue weighted by Crippen LogP contribution is -2.06. The van der Waals surface area contributed by atoms with Crippen LogP contribution in [0.2, 0.25) is 0 Å². The van der Waals surface area contributed by atoms with Gasteiger partial charge in [-0.3, -0.25) is 0 Å². The maximum Gasteiger partial charge on any atom is 0.160 e. The lowest BCUT2D eigenvalue weighted by atomic mass is 9.90. The SMILES string of the molecule is Cc1c(C)c(C)c2c(c1C)c1c(C)c(C)c(C)c(C)c1n2-c1ccc(C#N)cc1-c1cc(-c2cc(-c3ccccc3)nc(-c3ccccc3)n2)ccc1-n1c2c(C)c(C)c(C)c(C)c2c2c(C)c(C)c(C)c(C)c21. The number of hydrogen-bond acceptors (Lipinski definition) is 3. The average molecular weight is 964 g/mol. The van der Waals surface area contributed by atoms with Gasteiger partial charge in [0.15, 0.2) is 5.82 Å². The van der Waals surface area contributed by atoms with Gasteiger partial charge in [0.2, 0.25) is 0 Å². The molecule has 0 spiro atoms. The van der Waals surface area contributed by atoms with E-state index in [1.165, 1.54) is 133 Å². The number of hydrogen-bond donors (Lipinski definition) is 0. The third-order valence-corrected chi connectivity index (χ3v) is 18.0. The summed E-state index contributed by atoms with van der Waals surface area (Å²) in [5.74, 6) is 0.661. The van der Waals surface area contributed by atoms with Crippen LogP contribution >= 0.6 is 0 Å². The smallest absolute Gasteiger partial charge is 0.160 e. The molecule has 11 rings (SSSR count). The second-order valence-corrected chi connectivity index (χ2v) is 21.3. The van der Waals surface area contributed by atoms with Crippen LogP contribution in [0.4, 0.5) is 0 Å². The molecule has 11 aromatic rings. The van der Waals surface area contributed by atoms with Crippen molar-refractivity contribution >= 4 is 43.6 Å². The molecule has 3 heterocycles. The quantitative estimate of drug-likeness (QED) is 0.167. The van der Waals surface area contributed by atoms with Crippen molar-refractivity contribution in [2.75, 3.05) is 0 Å². The molecular formula is C69H65N5. The van der Waals surface area contributed by atoms with Crippen LogP contribution < -0.4 is 0 Å². The van der Waals surface area contributed by atoms with Crippen LogP contribution in [-0.2, 0) is 0 Å². The first kappa shape index (κ1) is 48.2. The molecule has 0 aliphatic heterocycles. The second-order valence-electron chi connectivity index (χ2n) is 21.3. The van der Waals surface area contributed by atoms with Crippen molar-refractivity contribution < 1.29 is 0 Å². The van der Waals surface area contributed by atoms with E-state index in [1.807, 2.05) is 30.3 Å². The maximum absolute atomic E-state index is 11.0. The molecule has 0 aliphatic rings. The fourth-order valence-electron chi connectivity index (χ4n) is 12.4. The lowest BCUT2D eigenvalue weighted by Gasteiger charge is -2.23. The van der Waals surface area contributed by atoms with E-state index in [1.54, 1.807) is 0 Å². The fraction of sp³-hybridized carbons (Fsp3) is 0.232. The Morgan fingerprint density at radius 1 is 0.324 bits per heavy atom. The van der Waals surface area contributed by atoms with Crippen molar-refractivity contribution in [2.45, 2.75) is 111 Å². The third kappa shape index (κ3) is 6.87. The van der Waals surface area contributed by atoms with Crippen LogP contribution in [0, 0.1) is 122 Å². The fourth-order valence-corrected chi connectivity index (χ4v) is 12.4. The van der Waals surface area contributed by atoms with E-state index in [0.29, 0.717) is 11.4 Å². The first-order valence-electron chi connectivity index (χ1n) is 26.1. The molecule has 0 amide bonds. The number of rotatable bonds is 6. The van der Waals surface area contributed by atoms with Gasteiger partial charge >= 0.3 is 0 Å². The number of nitriles is 1. The Bertz CT molecular complexity index is 4070. The zero-order chi connectivity index (χ0) is 52.5. The third-order valence-electron chi connectivity index (χ3n) is 18.0. The van der Waals surface area contributed by atoms with E-state index in [9.17, 15) is 5.26 Å². The lowest BCUT2D eigenvalue weighted by molar-refractivity contribution is 1.11. The van der Waals surface area contributed by atoms with Gasteiger partial charge in [0.05, 0.1) is 56.5 Å². The molecule has 0 fully saturated rings. The van der Waals surface area contributed by atoms with Gasteiger partial charge in [-0.25, -0.2) is 9.97 Å². The molecule has 0 atom stereocenters. The van der Waals surface area contributed by atoms with Gasteiger partial charge in [0.25, 0.3) is 0 Å². The minimum absolute atomic E-state index is 0.597. The van der Waals surface area contributed by atoms with Gasteiger partial charge in [0, 0.05) is 49.4 Å². The van der Waals surface area contributed by atoms with Gasteiger partial charge in [0.1, 0.15) is 0 Å². The molecule has 0 aliphatic carbocycles. The highest BCUT2D eigenvalue weighted by molar-refractivity contribution is 6.18. The first-order chi connectivity index (χ1) is 35.4. The molecule has 366 valence electrons. The largest absolute Gasteiger partial charge is 0.308 e. The molecular weight excluding hydrogens is 899 g/mol. The van der Waals surface area contributed by atoms with E-state index >= 15 is 0 Å². The van der Waals surface area contributed by atoms with Gasteiger partial charge in [-0.15, -0.1) is 0 Å². The van der Waals surface area contributed by atoms with Crippen LogP contribution in [0.25, 0.3) is 100 Å². The van der Waals surface area contributed by atoms with Gasteiger partial charge in [-0.2, -0.15) is 5.26 Å². The number of aryl methyl sites for hydroxylation is 8. The number of aromatic nitrogens is 4. The summed E-state index contributed by atoms with van der Waals surface area (Å²) in [7, 11) is 0. The van der Waals surface area contributed by atoms with Gasteiger partial charge < -0.3 is 9.13 Å². The molecule has 5 heteroatoms. The first-order valence-corrected chi connectivity index (χ1v) is 26.1. The molecule has 0 saturated carbocycles. The predicted octanol–water partition coefficient (Wildman–Crippen LogP) is 18.1. The number of benzene rings is 8. The summed E-state index contributed by atoms with van der Waals surface area (Å²) in [5.41, 5.74) is 34.9. The Morgan fingerprint density at radius 3 is 1.05 bits per heavy atom. The maximum atomic E-state index is 11.0. The minimum atomic E-state index is 0.597. The predicted molar refractivity (Wildman–Crippen MR) is 313 cm³/mol. The van der Waals surface area contributed by atoms with E-state index in [0.717, 1.165) is 50.6 Å². The van der Waals surface area contributed by atoms with Crippen LogP contribution in [0.5, 0.6) is 0 Å². The molecule has 74 heavy (non-hydrogen) atoms. The van der Waals surface area contributed by atoms with Crippen LogP contribution in [0.3, 0.4) is 0 Å². The van der Waals surface area contributed by atoms with Crippen LogP contribution in [0.1, 0.15) is 94.6 Å². The molecule has 0 radical (unpaired) electrons. The summed E-state index contributed by atoms with van der Waals surface area (Å²) >= 11 is 0. The van der Waals surface area contributed by atoms with Crippen molar-refractivity contribution in [2.24, 2.45) is 0 Å². The Morgan fingerprint density at radius 2 is 0.662 bits per heavy atom. The summed E-state index contributed by atoms with van der Waals surface area (Å²) in [6.45, 7) is 36.7. The monoisotopic (exact) mass is 964 g/mol. The molecule has 0 bridgehead atoms. The highest BCUT2D eigenvalue weighted by Gasteiger charge is 2.29. The zero-order valence-corrected chi connectivity index (χ0v) is 46.1. The Balaban J connectivity index is 1.36. The summed E-state index contributed by atoms with van der Waals surface area (Å²) in [4.78, 5) is 10.6. The van der Waals surface area contributed by atoms with E-state index < -0.39 is 0 Å². The van der Waals surface area contributed by atoms with Crippen LogP contribution in [0.15, 0.2) is 103 Å². The van der Waals surface area contributed by atoms with E-state index in [4.69, 9.17) is 9.97 Å². The van der Waals surface area contributed by atoms with Gasteiger partial charge in [-0.05, 0) is 236 Å². The normalized spacial score (nSPS) is 11.8. The van der Waals surface area contributed by atoms with Crippen molar-refractivity contribution in [3.63, 3.8) is 0 Å². The van der Waals surface area contributed by atoms with Crippen molar-refractivity contribution in [1.29, 1.82) is 5.26 Å². The standard InChI is InChI=1S/C69H65N5/c1-35-39(5)47(13)65-61(43(35)9)62-44(10)36(2)40(6)48(14)66(62)73(65)59-29-27-51(34-70)31-55(59)56-32-54(58-33-57(52-23-19-17-20-24-52)71-69(72-58)53-25-21-18-22-26-53)28-30-60(56)74-67-49(15)41(7)37(3)45(11)63(67)64-46(12)38(4)42(8)50(16)68(64)74/h17-33H,1-16H3. The minimum Gasteiger partial charge on any atom is -0.308 e. The summed E-state index contributed by atoms with van der Waals surface area (Å²) in [6, 6.07) is 38.7. The number of fused-ring (bicyclic) bond motifs is 6. The topological polar surface area (TPSA) is 59.4 Å². The molecule has 0 unspecified atom stereocenters. The highest BCUT2D eigenvalue weighted by atomic mass is 15.0. The van der Waals surface area contributed by atoms with Crippen molar-refractivity contribution in [3.05, 3.63) is 198 Å². The average Bonchev–Trinajstić information content (AvgIpc) is 4.01. The Labute approximate surface area is 436 Å². The summed E-state index contributed by atoms with van der Waals surface area (Å²) < 4.78 is 5.14. The molecule has 3 aromatic heterocycles. The van der Waals surface area contributed by atoms with Crippen LogP contribution in [-0.4, -0.2) is 19.1 Å². The van der Waals surface area contributed by atoms with E-state index in [-0.39, 0.29) is 0 Å². The van der Waals surface area contributed by atoms with Gasteiger partial charge in [-0.1, -0.05) is 66.7 Å². The Kier molecular flexibility index (Phi) is 11.4. The van der Waals surface area contributed by atoms with Crippen molar-refractivity contribution in [1.82, 2.24) is 19.1 Å². The molecule has 5 nitrogen and oxygen atoms in total. The highest BCUT2D eigenvalue weighted by Crippen LogP contribution is 2.49. The summed E-state index contributed by atoms with van der Waals surface area (Å²) in [6.07, 6.45) is 0. The van der Waals surface area contributed by atoms with Crippen molar-refractivity contribution in [3.8, 4) is 62.5 Å². The Hall–Kier alpha value is -8.07. The molecule has 0 saturated heterocycles. The van der Waals surface area contributed by atoms with E-state index in [2.05, 4.69) is 199 Å². The summed E-state index contributed by atoms with van der Waals surface area (Å²) in [5, 5.41) is 16.2.